The Hall–Kier alpha value is -1.01. The fourth-order valence-electron chi connectivity index (χ4n) is 2.37. The van der Waals surface area contributed by atoms with Crippen molar-refractivity contribution in [1.82, 2.24) is 9.88 Å². The first-order valence-electron chi connectivity index (χ1n) is 7.23. The lowest BCUT2D eigenvalue weighted by Crippen LogP contribution is -2.55. The summed E-state index contributed by atoms with van der Waals surface area (Å²) in [6.45, 7) is 9.62. The molecular formula is C15H21BrClN3O2. The number of piperazine rings is 1. The number of carbonyl (C=O) groups is 1. The molecule has 0 saturated carbocycles. The second-order valence-electron chi connectivity index (χ2n) is 6.44. The molecule has 0 spiro atoms. The fourth-order valence-corrected chi connectivity index (χ4v) is 3.13. The topological polar surface area (TPSA) is 45.7 Å². The molecule has 0 bridgehead atoms. The monoisotopic (exact) mass is 389 g/mol. The third kappa shape index (κ3) is 4.49. The lowest BCUT2D eigenvalue weighted by atomic mass is 10.2. The van der Waals surface area contributed by atoms with Crippen LogP contribution in [-0.4, -0.2) is 47.3 Å². The molecule has 5 nitrogen and oxygen atoms in total. The van der Waals surface area contributed by atoms with Crippen LogP contribution in [0.4, 0.5) is 10.6 Å². The van der Waals surface area contributed by atoms with Gasteiger partial charge in [0.1, 0.15) is 16.0 Å². The van der Waals surface area contributed by atoms with Crippen LogP contribution < -0.4 is 4.90 Å². The van der Waals surface area contributed by atoms with Crippen LogP contribution in [0, 0.1) is 0 Å². The molecule has 1 saturated heterocycles. The minimum Gasteiger partial charge on any atom is -0.444 e. The number of anilines is 1. The first kappa shape index (κ1) is 17.3. The lowest BCUT2D eigenvalue weighted by molar-refractivity contribution is 0.0158. The van der Waals surface area contributed by atoms with E-state index in [0.717, 1.165) is 5.82 Å². The van der Waals surface area contributed by atoms with E-state index in [0.29, 0.717) is 29.3 Å². The fraction of sp³-hybridized carbons (Fsp3) is 0.600. The largest absolute Gasteiger partial charge is 0.444 e. The molecule has 1 atom stereocenters. The van der Waals surface area contributed by atoms with Crippen LogP contribution in [-0.2, 0) is 4.74 Å². The maximum atomic E-state index is 12.2. The van der Waals surface area contributed by atoms with Gasteiger partial charge in [-0.25, -0.2) is 9.78 Å². The van der Waals surface area contributed by atoms with Gasteiger partial charge in [0, 0.05) is 30.7 Å². The van der Waals surface area contributed by atoms with Crippen molar-refractivity contribution in [1.29, 1.82) is 0 Å². The van der Waals surface area contributed by atoms with E-state index in [1.165, 1.54) is 0 Å². The Kier molecular flexibility index (Phi) is 5.22. The summed E-state index contributed by atoms with van der Waals surface area (Å²) < 4.78 is 6.16. The molecular weight excluding hydrogens is 370 g/mol. The van der Waals surface area contributed by atoms with E-state index < -0.39 is 5.60 Å². The van der Waals surface area contributed by atoms with E-state index >= 15 is 0 Å². The van der Waals surface area contributed by atoms with Gasteiger partial charge in [0.2, 0.25) is 0 Å². The molecule has 1 fully saturated rings. The van der Waals surface area contributed by atoms with Crippen molar-refractivity contribution in [3.05, 3.63) is 21.8 Å². The molecule has 1 aromatic rings. The van der Waals surface area contributed by atoms with Gasteiger partial charge in [0.25, 0.3) is 0 Å². The Morgan fingerprint density at radius 3 is 2.64 bits per heavy atom. The molecule has 0 aromatic carbocycles. The van der Waals surface area contributed by atoms with Crippen LogP contribution in [0.25, 0.3) is 0 Å². The van der Waals surface area contributed by atoms with Gasteiger partial charge in [-0.05, 0) is 55.8 Å². The summed E-state index contributed by atoms with van der Waals surface area (Å²) in [6.07, 6.45) is -0.264. The highest BCUT2D eigenvalue weighted by Crippen LogP contribution is 2.24. The van der Waals surface area contributed by atoms with Crippen LogP contribution >= 0.6 is 27.5 Å². The molecule has 7 heteroatoms. The third-order valence-electron chi connectivity index (χ3n) is 3.32. The highest BCUT2D eigenvalue weighted by Gasteiger charge is 2.31. The predicted octanol–water partition coefficient (Wildman–Crippen LogP) is 3.94. The van der Waals surface area contributed by atoms with Crippen molar-refractivity contribution in [2.75, 3.05) is 24.5 Å². The highest BCUT2D eigenvalue weighted by atomic mass is 79.9. The van der Waals surface area contributed by atoms with Gasteiger partial charge in [-0.2, -0.15) is 0 Å². The quantitative estimate of drug-likeness (QED) is 0.681. The number of hydrogen-bond acceptors (Lipinski definition) is 4. The number of hydrogen-bond donors (Lipinski definition) is 0. The average molecular weight is 391 g/mol. The maximum absolute atomic E-state index is 12.2. The molecule has 1 amide bonds. The number of rotatable bonds is 1. The van der Waals surface area contributed by atoms with Crippen molar-refractivity contribution in [2.45, 2.75) is 39.3 Å². The molecule has 0 N–H and O–H groups in total. The SMILES string of the molecule is C[C@H]1CN(c2cc(Cl)cc(Br)n2)CCN1C(=O)OC(C)(C)C. The molecule has 0 aliphatic carbocycles. The lowest BCUT2D eigenvalue weighted by Gasteiger charge is -2.40. The summed E-state index contributed by atoms with van der Waals surface area (Å²) >= 11 is 9.43. The van der Waals surface area contributed by atoms with Crippen molar-refractivity contribution < 1.29 is 9.53 Å². The second kappa shape index (κ2) is 6.62. The zero-order chi connectivity index (χ0) is 16.5. The molecule has 122 valence electrons. The summed E-state index contributed by atoms with van der Waals surface area (Å²) in [5, 5.41) is 0.638. The van der Waals surface area contributed by atoms with Gasteiger partial charge < -0.3 is 14.5 Å². The van der Waals surface area contributed by atoms with Crippen molar-refractivity contribution in [3.63, 3.8) is 0 Å². The van der Waals surface area contributed by atoms with Gasteiger partial charge in [-0.3, -0.25) is 0 Å². The molecule has 2 heterocycles. The second-order valence-corrected chi connectivity index (χ2v) is 7.68. The van der Waals surface area contributed by atoms with E-state index in [2.05, 4.69) is 25.8 Å². The van der Waals surface area contributed by atoms with Crippen molar-refractivity contribution in [3.8, 4) is 0 Å². The number of pyridine rings is 1. The molecule has 22 heavy (non-hydrogen) atoms. The van der Waals surface area contributed by atoms with Crippen LogP contribution in [0.1, 0.15) is 27.7 Å². The van der Waals surface area contributed by atoms with Gasteiger partial charge in [-0.15, -0.1) is 0 Å². The van der Waals surface area contributed by atoms with E-state index in [-0.39, 0.29) is 12.1 Å². The zero-order valence-corrected chi connectivity index (χ0v) is 15.6. The third-order valence-corrected chi connectivity index (χ3v) is 3.95. The summed E-state index contributed by atoms with van der Waals surface area (Å²) in [7, 11) is 0. The van der Waals surface area contributed by atoms with E-state index in [9.17, 15) is 4.79 Å². The average Bonchev–Trinajstić information content (AvgIpc) is 2.35. The standard InChI is InChI=1S/C15H21BrClN3O2/c1-10-9-19(13-8-11(17)7-12(16)18-13)5-6-20(10)14(21)22-15(2,3)4/h7-8,10H,5-6,9H2,1-4H3/t10-/m0/s1. The summed E-state index contributed by atoms with van der Waals surface area (Å²) in [6, 6.07) is 3.64. The predicted molar refractivity (Wildman–Crippen MR) is 91.6 cm³/mol. The van der Waals surface area contributed by atoms with E-state index in [4.69, 9.17) is 16.3 Å². The van der Waals surface area contributed by atoms with Gasteiger partial charge >= 0.3 is 6.09 Å². The minimum atomic E-state index is -0.479. The summed E-state index contributed by atoms with van der Waals surface area (Å²) in [4.78, 5) is 20.6. The van der Waals surface area contributed by atoms with Gasteiger partial charge in [-0.1, -0.05) is 11.6 Å². The van der Waals surface area contributed by atoms with Gasteiger partial charge in [0.05, 0.1) is 0 Å². The van der Waals surface area contributed by atoms with Crippen LogP contribution in [0.2, 0.25) is 5.02 Å². The van der Waals surface area contributed by atoms with E-state index in [1.807, 2.05) is 33.8 Å². The van der Waals surface area contributed by atoms with E-state index in [1.54, 1.807) is 11.0 Å². The molecule has 1 aliphatic rings. The molecule has 2 rings (SSSR count). The Balaban J connectivity index is 2.05. The first-order chi connectivity index (χ1) is 10.2. The Bertz CT molecular complexity index is 542. The molecule has 0 unspecified atom stereocenters. The summed E-state index contributed by atoms with van der Waals surface area (Å²) in [5.74, 6) is 0.815. The Labute approximate surface area is 144 Å². The number of aromatic nitrogens is 1. The van der Waals surface area contributed by atoms with Crippen molar-refractivity contribution in [2.24, 2.45) is 0 Å². The van der Waals surface area contributed by atoms with Crippen LogP contribution in [0.3, 0.4) is 0 Å². The van der Waals surface area contributed by atoms with Crippen molar-refractivity contribution >= 4 is 39.4 Å². The van der Waals surface area contributed by atoms with Crippen LogP contribution in [0.15, 0.2) is 16.7 Å². The molecule has 0 radical (unpaired) electrons. The number of halogens is 2. The first-order valence-corrected chi connectivity index (χ1v) is 8.40. The maximum Gasteiger partial charge on any atom is 0.410 e. The number of amides is 1. The Morgan fingerprint density at radius 2 is 2.09 bits per heavy atom. The Morgan fingerprint density at radius 1 is 1.41 bits per heavy atom. The minimum absolute atomic E-state index is 0.0446. The number of ether oxygens (including phenoxy) is 1. The number of carbonyl (C=O) groups excluding carboxylic acids is 1. The normalized spacial score (nSPS) is 19.3. The molecule has 1 aliphatic heterocycles. The zero-order valence-electron chi connectivity index (χ0n) is 13.3. The smallest absolute Gasteiger partial charge is 0.410 e. The highest BCUT2D eigenvalue weighted by molar-refractivity contribution is 9.10. The summed E-state index contributed by atoms with van der Waals surface area (Å²) in [5.41, 5.74) is -0.479. The molecule has 1 aromatic heterocycles. The van der Waals surface area contributed by atoms with Crippen LogP contribution in [0.5, 0.6) is 0 Å². The van der Waals surface area contributed by atoms with Gasteiger partial charge in [0.15, 0.2) is 0 Å². The number of nitrogens with zero attached hydrogens (tertiary/aromatic N) is 3.